The Labute approximate surface area is 152 Å². The van der Waals surface area contributed by atoms with Crippen molar-refractivity contribution in [3.63, 3.8) is 0 Å². The number of alkyl halides is 3. The number of carbonyl (C=O) groups is 2. The third-order valence-electron chi connectivity index (χ3n) is 3.02. The molecule has 0 aromatic heterocycles. The van der Waals surface area contributed by atoms with E-state index in [1.165, 1.54) is 0 Å². The van der Waals surface area contributed by atoms with Crippen LogP contribution in [0.25, 0.3) is 0 Å². The molecule has 0 aliphatic carbocycles. The number of carbonyl (C=O) groups excluding carboxylic acids is 2. The molecule has 0 unspecified atom stereocenters. The summed E-state index contributed by atoms with van der Waals surface area (Å²) in [5.41, 5.74) is -2.78. The average molecular weight is 413 g/mol. The van der Waals surface area contributed by atoms with Gasteiger partial charge in [0.2, 0.25) is 0 Å². The zero-order chi connectivity index (χ0) is 19.6. The third-order valence-corrected chi connectivity index (χ3v) is 3.82. The number of amides is 3. The Morgan fingerprint density at radius 1 is 1.00 bits per heavy atom. The number of hydrogen-bond donors (Lipinski definition) is 2. The van der Waals surface area contributed by atoms with Crippen LogP contribution < -0.4 is 10.6 Å². The van der Waals surface area contributed by atoms with Gasteiger partial charge >= 0.3 is 12.2 Å². The zero-order valence-electron chi connectivity index (χ0n) is 12.3. The summed E-state index contributed by atoms with van der Waals surface area (Å²) in [6.07, 6.45) is -4.77. The van der Waals surface area contributed by atoms with Crippen LogP contribution in [0.15, 0.2) is 30.3 Å². The van der Waals surface area contributed by atoms with Crippen molar-refractivity contribution in [2.45, 2.75) is 6.18 Å². The molecule has 0 spiro atoms. The highest BCUT2D eigenvalue weighted by Crippen LogP contribution is 2.38. The first-order valence-electron chi connectivity index (χ1n) is 6.63. The van der Waals surface area contributed by atoms with Crippen LogP contribution in [0.1, 0.15) is 15.9 Å². The summed E-state index contributed by atoms with van der Waals surface area (Å²) in [5.74, 6) is -3.89. The lowest BCUT2D eigenvalue weighted by atomic mass is 10.2. The van der Waals surface area contributed by atoms with E-state index in [0.717, 1.165) is 18.2 Å². The van der Waals surface area contributed by atoms with Crippen LogP contribution >= 0.6 is 23.2 Å². The summed E-state index contributed by atoms with van der Waals surface area (Å²) >= 11 is 11.3. The summed E-state index contributed by atoms with van der Waals surface area (Å²) in [6.45, 7) is 0. The van der Waals surface area contributed by atoms with Gasteiger partial charge in [0.05, 0.1) is 21.3 Å². The first-order chi connectivity index (χ1) is 12.0. The number of halogens is 7. The Bertz CT molecular complexity index is 867. The highest BCUT2D eigenvalue weighted by Gasteiger charge is 2.32. The van der Waals surface area contributed by atoms with Gasteiger partial charge in [0.25, 0.3) is 5.91 Å². The summed E-state index contributed by atoms with van der Waals surface area (Å²) < 4.78 is 65.3. The van der Waals surface area contributed by atoms with Crippen LogP contribution in [0.3, 0.4) is 0 Å². The smallest absolute Gasteiger partial charge is 0.306 e. The summed E-state index contributed by atoms with van der Waals surface area (Å²) in [6, 6.07) is 2.26. The van der Waals surface area contributed by atoms with Crippen LogP contribution in [0.5, 0.6) is 0 Å². The average Bonchev–Trinajstić information content (AvgIpc) is 2.50. The van der Waals surface area contributed by atoms with Gasteiger partial charge in [0.1, 0.15) is 17.2 Å². The fraction of sp³-hybridized carbons (Fsp3) is 0.0667. The highest BCUT2D eigenvalue weighted by molar-refractivity contribution is 6.44. The molecule has 0 heterocycles. The zero-order valence-corrected chi connectivity index (χ0v) is 13.9. The van der Waals surface area contributed by atoms with Crippen molar-refractivity contribution in [1.29, 1.82) is 0 Å². The Hall–Kier alpha value is -2.39. The van der Waals surface area contributed by atoms with Gasteiger partial charge < -0.3 is 5.32 Å². The van der Waals surface area contributed by atoms with Crippen molar-refractivity contribution < 1.29 is 31.5 Å². The predicted octanol–water partition coefficient (Wildman–Crippen LogP) is 5.25. The Morgan fingerprint density at radius 2 is 1.58 bits per heavy atom. The molecule has 138 valence electrons. The van der Waals surface area contributed by atoms with E-state index in [9.17, 15) is 31.5 Å². The largest absolute Gasteiger partial charge is 0.416 e. The highest BCUT2D eigenvalue weighted by atomic mass is 35.5. The molecular formula is C15H7Cl2F5N2O2. The number of hydrogen-bond acceptors (Lipinski definition) is 2. The fourth-order valence-electron chi connectivity index (χ4n) is 1.88. The van der Waals surface area contributed by atoms with Gasteiger partial charge in [-0.25, -0.2) is 13.6 Å². The molecule has 0 radical (unpaired) electrons. The molecule has 0 bridgehead atoms. The fourth-order valence-corrected chi connectivity index (χ4v) is 2.25. The van der Waals surface area contributed by atoms with E-state index < -0.39 is 56.6 Å². The van der Waals surface area contributed by atoms with E-state index in [-0.39, 0.29) is 0 Å². The van der Waals surface area contributed by atoms with E-state index in [1.54, 1.807) is 5.32 Å². The summed E-state index contributed by atoms with van der Waals surface area (Å²) in [4.78, 5) is 23.5. The number of anilines is 1. The Kier molecular flexibility index (Phi) is 5.72. The number of nitrogens with one attached hydrogen (secondary N) is 2. The summed E-state index contributed by atoms with van der Waals surface area (Å²) in [5, 5.41) is 2.54. The molecule has 26 heavy (non-hydrogen) atoms. The molecule has 0 fully saturated rings. The number of benzene rings is 2. The number of rotatable bonds is 2. The van der Waals surface area contributed by atoms with E-state index in [2.05, 4.69) is 0 Å². The molecule has 0 atom stereocenters. The molecule has 0 saturated heterocycles. The van der Waals surface area contributed by atoms with Gasteiger partial charge in [-0.15, -0.1) is 0 Å². The first kappa shape index (κ1) is 19.9. The first-order valence-corrected chi connectivity index (χ1v) is 7.39. The van der Waals surface area contributed by atoms with Crippen LogP contribution in [-0.4, -0.2) is 11.9 Å². The minimum Gasteiger partial charge on any atom is -0.306 e. The minimum absolute atomic E-state index is 0.417. The van der Waals surface area contributed by atoms with Crippen molar-refractivity contribution in [2.24, 2.45) is 0 Å². The standard InChI is InChI=1S/C15H7Cl2F5N2O2/c16-7-4-6(15(20,21)22)5-10(12(7)17)23-14(26)24-13(25)11-8(18)2-1-3-9(11)19/h1-5H,(H2,23,24,25,26). The predicted molar refractivity (Wildman–Crippen MR) is 84.3 cm³/mol. The molecule has 0 aliphatic heterocycles. The molecule has 2 aromatic carbocycles. The number of urea groups is 1. The third kappa shape index (κ3) is 4.41. The van der Waals surface area contributed by atoms with Gasteiger partial charge in [-0.2, -0.15) is 13.2 Å². The van der Waals surface area contributed by atoms with Crippen molar-refractivity contribution in [1.82, 2.24) is 5.32 Å². The maximum Gasteiger partial charge on any atom is 0.416 e. The molecule has 3 amide bonds. The second-order valence-corrected chi connectivity index (χ2v) is 5.61. The van der Waals surface area contributed by atoms with Crippen molar-refractivity contribution in [3.8, 4) is 0 Å². The molecule has 11 heteroatoms. The molecule has 2 N–H and O–H groups in total. The minimum atomic E-state index is -4.77. The van der Waals surface area contributed by atoms with Gasteiger partial charge in [-0.05, 0) is 24.3 Å². The lowest BCUT2D eigenvalue weighted by Gasteiger charge is -2.13. The normalized spacial score (nSPS) is 11.2. The molecular weight excluding hydrogens is 406 g/mol. The van der Waals surface area contributed by atoms with Gasteiger partial charge in [0.15, 0.2) is 0 Å². The van der Waals surface area contributed by atoms with Crippen molar-refractivity contribution in [3.05, 3.63) is 63.1 Å². The van der Waals surface area contributed by atoms with E-state index in [1.807, 2.05) is 5.32 Å². The van der Waals surface area contributed by atoms with Gasteiger partial charge in [0, 0.05) is 0 Å². The summed E-state index contributed by atoms with van der Waals surface area (Å²) in [7, 11) is 0. The quantitative estimate of drug-likeness (QED) is 0.661. The van der Waals surface area contributed by atoms with Crippen molar-refractivity contribution >= 4 is 40.8 Å². The molecule has 2 rings (SSSR count). The topological polar surface area (TPSA) is 58.2 Å². The second kappa shape index (κ2) is 7.46. The van der Waals surface area contributed by atoms with Gasteiger partial charge in [-0.1, -0.05) is 29.3 Å². The second-order valence-electron chi connectivity index (χ2n) is 4.82. The van der Waals surface area contributed by atoms with Crippen LogP contribution in [0.2, 0.25) is 10.0 Å². The van der Waals surface area contributed by atoms with E-state index >= 15 is 0 Å². The van der Waals surface area contributed by atoms with E-state index in [4.69, 9.17) is 23.2 Å². The van der Waals surface area contributed by atoms with Crippen LogP contribution in [-0.2, 0) is 6.18 Å². The Morgan fingerprint density at radius 3 is 2.12 bits per heavy atom. The molecule has 0 aliphatic rings. The lowest BCUT2D eigenvalue weighted by Crippen LogP contribution is -2.35. The molecule has 0 saturated carbocycles. The van der Waals surface area contributed by atoms with Gasteiger partial charge in [-0.3, -0.25) is 10.1 Å². The molecule has 4 nitrogen and oxygen atoms in total. The van der Waals surface area contributed by atoms with Crippen LogP contribution in [0.4, 0.5) is 32.4 Å². The molecule has 2 aromatic rings. The SMILES string of the molecule is O=C(NC(=O)c1c(F)cccc1F)Nc1cc(C(F)(F)F)cc(Cl)c1Cl. The monoisotopic (exact) mass is 412 g/mol. The Balaban J connectivity index is 2.23. The maximum absolute atomic E-state index is 13.5. The lowest BCUT2D eigenvalue weighted by molar-refractivity contribution is -0.137. The number of imide groups is 1. The van der Waals surface area contributed by atoms with E-state index in [0.29, 0.717) is 12.1 Å². The van der Waals surface area contributed by atoms with Crippen LogP contribution in [0, 0.1) is 11.6 Å². The maximum atomic E-state index is 13.5. The van der Waals surface area contributed by atoms with Crippen molar-refractivity contribution in [2.75, 3.05) is 5.32 Å².